The summed E-state index contributed by atoms with van der Waals surface area (Å²) in [6.07, 6.45) is 1.48. The van der Waals surface area contributed by atoms with Crippen LogP contribution in [0.15, 0.2) is 26.3 Å². The van der Waals surface area contributed by atoms with Crippen LogP contribution in [0.1, 0.15) is 44.1 Å². The zero-order valence-corrected chi connectivity index (χ0v) is 14.2. The van der Waals surface area contributed by atoms with Gasteiger partial charge in [-0.3, -0.25) is 14.6 Å². The molecule has 0 saturated heterocycles. The SMILES string of the molecule is CCCC(NC(=O)C1CSC(C(C)=O)=N1)c1cc(C)cc(=O)o1. The molecule has 1 aliphatic rings. The molecule has 2 unspecified atom stereocenters. The van der Waals surface area contributed by atoms with Crippen LogP contribution in [-0.2, 0) is 9.59 Å². The first-order valence-electron chi connectivity index (χ1n) is 7.54. The molecule has 1 N–H and O–H groups in total. The molecule has 1 amide bonds. The van der Waals surface area contributed by atoms with E-state index in [0.717, 1.165) is 12.0 Å². The van der Waals surface area contributed by atoms with Gasteiger partial charge in [0, 0.05) is 18.7 Å². The summed E-state index contributed by atoms with van der Waals surface area (Å²) in [5, 5.41) is 3.28. The number of carbonyl (C=O) groups is 2. The Kier molecular flexibility index (Phi) is 5.76. The highest BCUT2D eigenvalue weighted by Crippen LogP contribution is 2.22. The van der Waals surface area contributed by atoms with Gasteiger partial charge in [0.1, 0.15) is 16.8 Å². The Bertz CT molecular complexity index is 696. The fourth-order valence-corrected chi connectivity index (χ4v) is 3.29. The summed E-state index contributed by atoms with van der Waals surface area (Å²) in [7, 11) is 0. The number of aliphatic imine (C=N–C) groups is 1. The van der Waals surface area contributed by atoms with Crippen molar-refractivity contribution >= 4 is 28.5 Å². The van der Waals surface area contributed by atoms with Crippen molar-refractivity contribution in [3.63, 3.8) is 0 Å². The molecule has 0 bridgehead atoms. The summed E-state index contributed by atoms with van der Waals surface area (Å²) in [4.78, 5) is 39.4. The number of hydrogen-bond acceptors (Lipinski definition) is 6. The molecule has 0 radical (unpaired) electrons. The summed E-state index contributed by atoms with van der Waals surface area (Å²) in [5.74, 6) is 0.528. The van der Waals surface area contributed by atoms with E-state index in [-0.39, 0.29) is 17.7 Å². The number of hydrogen-bond donors (Lipinski definition) is 1. The highest BCUT2D eigenvalue weighted by molar-refractivity contribution is 8.16. The quantitative estimate of drug-likeness (QED) is 0.858. The van der Waals surface area contributed by atoms with Gasteiger partial charge in [-0.2, -0.15) is 0 Å². The predicted molar refractivity (Wildman–Crippen MR) is 89.9 cm³/mol. The van der Waals surface area contributed by atoms with Crippen molar-refractivity contribution < 1.29 is 14.0 Å². The fraction of sp³-hybridized carbons (Fsp3) is 0.500. The summed E-state index contributed by atoms with van der Waals surface area (Å²) in [6, 6.07) is 2.22. The van der Waals surface area contributed by atoms with Crippen LogP contribution in [0.25, 0.3) is 0 Å². The van der Waals surface area contributed by atoms with Gasteiger partial charge in [0.25, 0.3) is 0 Å². The van der Waals surface area contributed by atoms with Gasteiger partial charge in [-0.15, -0.1) is 11.8 Å². The number of nitrogens with one attached hydrogen (secondary N) is 1. The van der Waals surface area contributed by atoms with Gasteiger partial charge in [-0.25, -0.2) is 4.79 Å². The first-order valence-corrected chi connectivity index (χ1v) is 8.53. The van der Waals surface area contributed by atoms with Crippen LogP contribution in [0.5, 0.6) is 0 Å². The van der Waals surface area contributed by atoms with Gasteiger partial charge in [-0.05, 0) is 25.0 Å². The first kappa shape index (κ1) is 17.5. The molecule has 0 fully saturated rings. The van der Waals surface area contributed by atoms with Gasteiger partial charge < -0.3 is 9.73 Å². The molecule has 1 aromatic heterocycles. The van der Waals surface area contributed by atoms with Crippen LogP contribution in [0.3, 0.4) is 0 Å². The second-order valence-electron chi connectivity index (χ2n) is 5.52. The number of rotatable bonds is 6. The van der Waals surface area contributed by atoms with Crippen LogP contribution < -0.4 is 10.9 Å². The average Bonchev–Trinajstić information content (AvgIpc) is 2.95. The Balaban J connectivity index is 2.15. The summed E-state index contributed by atoms with van der Waals surface area (Å²) < 4.78 is 5.23. The van der Waals surface area contributed by atoms with E-state index in [1.807, 2.05) is 13.8 Å². The molecule has 1 aliphatic heterocycles. The third-order valence-electron chi connectivity index (χ3n) is 3.43. The number of nitrogens with zero attached hydrogens (tertiary/aromatic N) is 1. The maximum atomic E-state index is 12.4. The van der Waals surface area contributed by atoms with Gasteiger partial charge in [0.2, 0.25) is 5.91 Å². The van der Waals surface area contributed by atoms with Crippen LogP contribution in [0.4, 0.5) is 0 Å². The van der Waals surface area contributed by atoms with Crippen molar-refractivity contribution in [3.05, 3.63) is 33.9 Å². The Morgan fingerprint density at radius 2 is 2.22 bits per heavy atom. The normalized spacial score (nSPS) is 18.4. The molecule has 6 nitrogen and oxygen atoms in total. The summed E-state index contributed by atoms with van der Waals surface area (Å²) >= 11 is 1.29. The zero-order chi connectivity index (χ0) is 17.0. The summed E-state index contributed by atoms with van der Waals surface area (Å²) in [6.45, 7) is 5.24. The second-order valence-corrected chi connectivity index (χ2v) is 6.53. The van der Waals surface area contributed by atoms with Crippen molar-refractivity contribution in [2.24, 2.45) is 4.99 Å². The Morgan fingerprint density at radius 3 is 2.78 bits per heavy atom. The van der Waals surface area contributed by atoms with Crippen molar-refractivity contribution in [1.29, 1.82) is 0 Å². The van der Waals surface area contributed by atoms with E-state index < -0.39 is 11.7 Å². The number of carbonyl (C=O) groups excluding carboxylic acids is 2. The molecule has 2 rings (SSSR count). The largest absolute Gasteiger partial charge is 0.426 e. The smallest absolute Gasteiger partial charge is 0.336 e. The molecule has 0 spiro atoms. The molecule has 1 aromatic rings. The van der Waals surface area contributed by atoms with E-state index in [4.69, 9.17) is 4.42 Å². The number of aryl methyl sites for hydroxylation is 1. The third kappa shape index (κ3) is 4.54. The first-order chi connectivity index (χ1) is 10.9. The zero-order valence-electron chi connectivity index (χ0n) is 13.4. The Hall–Kier alpha value is -1.89. The minimum absolute atomic E-state index is 0.125. The van der Waals surface area contributed by atoms with E-state index in [1.165, 1.54) is 24.8 Å². The Labute approximate surface area is 138 Å². The van der Waals surface area contributed by atoms with Crippen LogP contribution in [-0.4, -0.2) is 28.5 Å². The van der Waals surface area contributed by atoms with Gasteiger partial charge in [0.15, 0.2) is 5.78 Å². The lowest BCUT2D eigenvalue weighted by molar-refractivity contribution is -0.122. The summed E-state index contributed by atoms with van der Waals surface area (Å²) in [5.41, 5.74) is 0.364. The number of ketones is 1. The number of thioether (sulfide) groups is 1. The van der Waals surface area contributed by atoms with Crippen molar-refractivity contribution in [3.8, 4) is 0 Å². The topological polar surface area (TPSA) is 88.7 Å². The maximum absolute atomic E-state index is 12.4. The maximum Gasteiger partial charge on any atom is 0.336 e. The molecule has 0 saturated carbocycles. The number of Topliss-reactive ketones (excluding diaryl/α,β-unsaturated/α-hetero) is 1. The van der Waals surface area contributed by atoms with Gasteiger partial charge in [-0.1, -0.05) is 13.3 Å². The second kappa shape index (κ2) is 7.59. The molecule has 124 valence electrons. The third-order valence-corrected chi connectivity index (χ3v) is 4.57. The molecule has 23 heavy (non-hydrogen) atoms. The predicted octanol–water partition coefficient (Wildman–Crippen LogP) is 2.01. The van der Waals surface area contributed by atoms with Crippen molar-refractivity contribution in [2.45, 2.75) is 45.7 Å². The number of amides is 1. The molecular formula is C16H20N2O4S. The average molecular weight is 336 g/mol. The fourth-order valence-electron chi connectivity index (χ4n) is 2.34. The lowest BCUT2D eigenvalue weighted by atomic mass is 10.1. The minimum Gasteiger partial charge on any atom is -0.426 e. The molecule has 2 heterocycles. The lowest BCUT2D eigenvalue weighted by Gasteiger charge is -2.18. The van der Waals surface area contributed by atoms with E-state index in [2.05, 4.69) is 10.3 Å². The minimum atomic E-state index is -0.574. The monoisotopic (exact) mass is 336 g/mol. The molecule has 0 aliphatic carbocycles. The van der Waals surface area contributed by atoms with Gasteiger partial charge in [0.05, 0.1) is 6.04 Å². The molecular weight excluding hydrogens is 316 g/mol. The molecule has 7 heteroatoms. The van der Waals surface area contributed by atoms with E-state index in [9.17, 15) is 14.4 Å². The lowest BCUT2D eigenvalue weighted by Crippen LogP contribution is -2.37. The molecule has 2 atom stereocenters. The van der Waals surface area contributed by atoms with E-state index in [1.54, 1.807) is 6.07 Å². The van der Waals surface area contributed by atoms with Crippen molar-refractivity contribution in [1.82, 2.24) is 5.32 Å². The highest BCUT2D eigenvalue weighted by atomic mass is 32.2. The van der Waals surface area contributed by atoms with E-state index >= 15 is 0 Å². The van der Waals surface area contributed by atoms with Crippen molar-refractivity contribution in [2.75, 3.05) is 5.75 Å². The van der Waals surface area contributed by atoms with Crippen LogP contribution in [0.2, 0.25) is 0 Å². The Morgan fingerprint density at radius 1 is 1.48 bits per heavy atom. The molecule has 0 aromatic carbocycles. The van der Waals surface area contributed by atoms with Gasteiger partial charge >= 0.3 is 5.63 Å². The van der Waals surface area contributed by atoms with E-state index in [0.29, 0.717) is 23.0 Å². The van der Waals surface area contributed by atoms with Crippen LogP contribution in [0, 0.1) is 6.92 Å². The van der Waals surface area contributed by atoms with Crippen LogP contribution >= 0.6 is 11.8 Å². The standard InChI is InChI=1S/C16H20N2O4S/c1-4-5-11(13-6-9(2)7-14(20)22-13)17-15(21)12-8-23-16(18-12)10(3)19/h6-7,11-12H,4-5,8H2,1-3H3,(H,17,21). The highest BCUT2D eigenvalue weighted by Gasteiger charge is 2.29.